The molecule has 0 spiro atoms. The highest BCUT2D eigenvalue weighted by Gasteiger charge is 2.07. The molecule has 0 radical (unpaired) electrons. The standard InChI is InChI=1S/C8H6N4O/c9-4-8-11-6-3-5(13)1-2-7(6)12(8)10/h1-3,13H,10H2. The van der Waals surface area contributed by atoms with Crippen LogP contribution in [0.15, 0.2) is 18.2 Å². The van der Waals surface area contributed by atoms with Gasteiger partial charge in [0.1, 0.15) is 11.8 Å². The van der Waals surface area contributed by atoms with Gasteiger partial charge in [0, 0.05) is 6.07 Å². The van der Waals surface area contributed by atoms with Gasteiger partial charge in [0.15, 0.2) is 0 Å². The van der Waals surface area contributed by atoms with E-state index in [2.05, 4.69) is 4.98 Å². The van der Waals surface area contributed by atoms with Crippen LogP contribution in [0, 0.1) is 11.3 Å². The smallest absolute Gasteiger partial charge is 0.232 e. The molecule has 0 aliphatic rings. The maximum atomic E-state index is 9.13. The molecule has 0 saturated carbocycles. The van der Waals surface area contributed by atoms with Gasteiger partial charge in [-0.2, -0.15) is 5.26 Å². The first kappa shape index (κ1) is 7.43. The molecule has 5 heteroatoms. The number of phenolic OH excluding ortho intramolecular Hbond substituents is 1. The quantitative estimate of drug-likeness (QED) is 0.563. The van der Waals surface area contributed by atoms with Gasteiger partial charge in [-0.3, -0.25) is 0 Å². The molecule has 0 atom stereocenters. The molecule has 0 bridgehead atoms. The van der Waals surface area contributed by atoms with Crippen LogP contribution in [0.1, 0.15) is 5.82 Å². The molecule has 0 amide bonds. The zero-order chi connectivity index (χ0) is 9.42. The van der Waals surface area contributed by atoms with Gasteiger partial charge in [0.2, 0.25) is 5.82 Å². The fourth-order valence-corrected chi connectivity index (χ4v) is 1.17. The Morgan fingerprint density at radius 1 is 1.54 bits per heavy atom. The van der Waals surface area contributed by atoms with Crippen LogP contribution in [-0.2, 0) is 0 Å². The Morgan fingerprint density at radius 2 is 2.31 bits per heavy atom. The van der Waals surface area contributed by atoms with E-state index in [1.165, 1.54) is 16.8 Å². The Balaban J connectivity index is 2.86. The number of fused-ring (bicyclic) bond motifs is 1. The fourth-order valence-electron chi connectivity index (χ4n) is 1.17. The van der Waals surface area contributed by atoms with Gasteiger partial charge in [-0.05, 0) is 12.1 Å². The van der Waals surface area contributed by atoms with Crippen molar-refractivity contribution in [3.63, 3.8) is 0 Å². The van der Waals surface area contributed by atoms with Crippen LogP contribution in [0.25, 0.3) is 11.0 Å². The number of nitrogen functional groups attached to an aromatic ring is 1. The first-order valence-corrected chi connectivity index (χ1v) is 3.59. The van der Waals surface area contributed by atoms with E-state index in [9.17, 15) is 0 Å². The number of hydrogen-bond acceptors (Lipinski definition) is 4. The van der Waals surface area contributed by atoms with Gasteiger partial charge in [-0.15, -0.1) is 0 Å². The first-order valence-electron chi connectivity index (χ1n) is 3.59. The molecule has 1 aromatic carbocycles. The van der Waals surface area contributed by atoms with E-state index >= 15 is 0 Å². The average molecular weight is 174 g/mol. The summed E-state index contributed by atoms with van der Waals surface area (Å²) in [5, 5.41) is 17.7. The number of benzene rings is 1. The molecule has 2 rings (SSSR count). The Morgan fingerprint density at radius 3 is 3.00 bits per heavy atom. The fraction of sp³-hybridized carbons (Fsp3) is 0. The third-order valence-corrected chi connectivity index (χ3v) is 1.77. The first-order chi connectivity index (χ1) is 6.22. The SMILES string of the molecule is N#Cc1nc2cc(O)ccc2n1N. The third-order valence-electron chi connectivity index (χ3n) is 1.77. The Labute approximate surface area is 73.6 Å². The molecule has 0 fully saturated rings. The van der Waals surface area contributed by atoms with Gasteiger partial charge in [0.25, 0.3) is 0 Å². The maximum Gasteiger partial charge on any atom is 0.232 e. The minimum atomic E-state index is 0.107. The summed E-state index contributed by atoms with van der Waals surface area (Å²) < 4.78 is 1.19. The Hall–Kier alpha value is -2.22. The van der Waals surface area contributed by atoms with Crippen molar-refractivity contribution in [2.24, 2.45) is 0 Å². The number of imidazole rings is 1. The lowest BCUT2D eigenvalue weighted by Gasteiger charge is -1.94. The molecule has 3 N–H and O–H groups in total. The number of aromatic nitrogens is 2. The van der Waals surface area contributed by atoms with Crippen molar-refractivity contribution in [3.05, 3.63) is 24.0 Å². The predicted octanol–water partition coefficient (Wildman–Crippen LogP) is 0.327. The number of nitrogens with zero attached hydrogens (tertiary/aromatic N) is 3. The van der Waals surface area contributed by atoms with Gasteiger partial charge >= 0.3 is 0 Å². The van der Waals surface area contributed by atoms with E-state index in [0.29, 0.717) is 11.0 Å². The molecule has 0 saturated heterocycles. The molecular formula is C8H6N4O. The number of aromatic hydroxyl groups is 1. The van der Waals surface area contributed by atoms with Crippen molar-refractivity contribution < 1.29 is 5.11 Å². The second-order valence-electron chi connectivity index (χ2n) is 2.59. The highest BCUT2D eigenvalue weighted by atomic mass is 16.3. The second kappa shape index (κ2) is 2.38. The summed E-state index contributed by atoms with van der Waals surface area (Å²) in [7, 11) is 0. The molecule has 0 aliphatic heterocycles. The van der Waals surface area contributed by atoms with Crippen molar-refractivity contribution >= 4 is 11.0 Å². The number of hydrogen-bond donors (Lipinski definition) is 2. The molecular weight excluding hydrogens is 168 g/mol. The monoisotopic (exact) mass is 174 g/mol. The predicted molar refractivity (Wildman–Crippen MR) is 46.3 cm³/mol. The molecule has 13 heavy (non-hydrogen) atoms. The van der Waals surface area contributed by atoms with Crippen LogP contribution >= 0.6 is 0 Å². The lowest BCUT2D eigenvalue weighted by molar-refractivity contribution is 0.476. The maximum absolute atomic E-state index is 9.13. The number of phenols is 1. The summed E-state index contributed by atoms with van der Waals surface area (Å²) in [6.07, 6.45) is 0. The van der Waals surface area contributed by atoms with Crippen molar-refractivity contribution in [1.82, 2.24) is 9.66 Å². The van der Waals surface area contributed by atoms with E-state index in [0.717, 1.165) is 0 Å². The van der Waals surface area contributed by atoms with Crippen molar-refractivity contribution in [2.75, 3.05) is 5.84 Å². The summed E-state index contributed by atoms with van der Waals surface area (Å²) >= 11 is 0. The second-order valence-corrected chi connectivity index (χ2v) is 2.59. The zero-order valence-corrected chi connectivity index (χ0v) is 6.60. The summed E-state index contributed by atoms with van der Waals surface area (Å²) in [4.78, 5) is 3.91. The topological polar surface area (TPSA) is 87.9 Å². The number of nitrogens with two attached hydrogens (primary N) is 1. The molecule has 1 aromatic heterocycles. The van der Waals surface area contributed by atoms with Gasteiger partial charge in [0.05, 0.1) is 11.0 Å². The molecule has 0 unspecified atom stereocenters. The summed E-state index contributed by atoms with van der Waals surface area (Å²) in [6, 6.07) is 6.41. The summed E-state index contributed by atoms with van der Waals surface area (Å²) in [6.45, 7) is 0. The van der Waals surface area contributed by atoms with Crippen molar-refractivity contribution in [2.45, 2.75) is 0 Å². The Kier molecular flexibility index (Phi) is 1.36. The van der Waals surface area contributed by atoms with Crippen LogP contribution < -0.4 is 5.84 Å². The van der Waals surface area contributed by atoms with Crippen molar-refractivity contribution in [1.29, 1.82) is 5.26 Å². The third kappa shape index (κ3) is 0.964. The largest absolute Gasteiger partial charge is 0.508 e. The lowest BCUT2D eigenvalue weighted by Crippen LogP contribution is -2.09. The summed E-state index contributed by atoms with van der Waals surface area (Å²) in [5.74, 6) is 5.78. The van der Waals surface area contributed by atoms with Crippen molar-refractivity contribution in [3.8, 4) is 11.8 Å². The van der Waals surface area contributed by atoms with E-state index in [1.807, 2.05) is 6.07 Å². The summed E-state index contributed by atoms with van der Waals surface area (Å²) in [5.41, 5.74) is 1.13. The Bertz CT molecular complexity index is 509. The van der Waals surface area contributed by atoms with E-state index < -0.39 is 0 Å². The molecule has 1 heterocycles. The molecule has 2 aromatic rings. The minimum Gasteiger partial charge on any atom is -0.508 e. The molecule has 5 nitrogen and oxygen atoms in total. The van der Waals surface area contributed by atoms with Crippen LogP contribution in [0.2, 0.25) is 0 Å². The van der Waals surface area contributed by atoms with E-state index in [1.54, 1.807) is 6.07 Å². The van der Waals surface area contributed by atoms with Crippen LogP contribution in [0.3, 0.4) is 0 Å². The minimum absolute atomic E-state index is 0.107. The van der Waals surface area contributed by atoms with Gasteiger partial charge in [-0.1, -0.05) is 0 Å². The molecule has 64 valence electrons. The molecule has 0 aliphatic carbocycles. The highest BCUT2D eigenvalue weighted by molar-refractivity contribution is 5.78. The van der Waals surface area contributed by atoms with Gasteiger partial charge < -0.3 is 10.9 Å². The van der Waals surface area contributed by atoms with E-state index in [-0.39, 0.29) is 11.6 Å². The van der Waals surface area contributed by atoms with Crippen LogP contribution in [0.5, 0.6) is 5.75 Å². The van der Waals surface area contributed by atoms with Gasteiger partial charge in [-0.25, -0.2) is 9.66 Å². The van der Waals surface area contributed by atoms with E-state index in [4.69, 9.17) is 16.2 Å². The average Bonchev–Trinajstić information content (AvgIpc) is 2.42. The lowest BCUT2D eigenvalue weighted by atomic mass is 10.3. The van der Waals surface area contributed by atoms with Crippen LogP contribution in [-0.4, -0.2) is 14.8 Å². The zero-order valence-electron chi connectivity index (χ0n) is 6.60. The van der Waals surface area contributed by atoms with Crippen LogP contribution in [0.4, 0.5) is 0 Å². The number of rotatable bonds is 0. The highest BCUT2D eigenvalue weighted by Crippen LogP contribution is 2.18. The normalized spacial score (nSPS) is 10.1. The number of nitriles is 1.